The molecule has 4 heteroatoms. The number of halogens is 3. The molecule has 172 valence electrons. The topological polar surface area (TPSA) is 0 Å². The van der Waals surface area contributed by atoms with E-state index in [4.69, 9.17) is 0 Å². The SMILES string of the molecule is CC(CC1=C([CH-]C2=C(CC(C)c3ccccc3)C=CC2)CC=C1)c1ccccc1.[Br-].[Br-].[Br-].[Ti+4]. The Balaban J connectivity index is 0.00000256. The van der Waals surface area contributed by atoms with Crippen LogP contribution in [0.1, 0.15) is 62.5 Å². The fourth-order valence-corrected chi connectivity index (χ4v) is 4.50. The number of allylic oxidation sites excluding steroid dienone is 8. The van der Waals surface area contributed by atoms with Crippen LogP contribution in [0.3, 0.4) is 0 Å². The molecule has 2 aromatic rings. The van der Waals surface area contributed by atoms with Crippen LogP contribution in [0.5, 0.6) is 0 Å². The van der Waals surface area contributed by atoms with Gasteiger partial charge in [0.25, 0.3) is 0 Å². The van der Waals surface area contributed by atoms with Crippen molar-refractivity contribution in [1.29, 1.82) is 0 Å². The molecule has 33 heavy (non-hydrogen) atoms. The molecule has 2 aliphatic rings. The van der Waals surface area contributed by atoms with E-state index in [0.717, 1.165) is 25.7 Å². The quantitative estimate of drug-likeness (QED) is 0.253. The molecule has 2 aromatic carbocycles. The summed E-state index contributed by atoms with van der Waals surface area (Å²) in [4.78, 5) is 0. The fraction of sp³-hybridized carbons (Fsp3) is 0.276. The summed E-state index contributed by atoms with van der Waals surface area (Å²) in [6, 6.07) is 21.8. The van der Waals surface area contributed by atoms with E-state index < -0.39 is 0 Å². The standard InChI is InChI=1S/C29H31.3BrH.Ti/c1-22(24-11-5-3-6-12-24)19-26-15-9-17-28(26)21-29-18-10-16-27(29)20-23(2)25-13-7-4-8-14-25;;;;/h3-16,21-23H,17-20H2,1-2H3;3*1H;/q-1;;;;+4/p-3. The molecule has 0 heterocycles. The second kappa shape index (κ2) is 16.2. The maximum Gasteiger partial charge on any atom is 4.00 e. The second-order valence-electron chi connectivity index (χ2n) is 8.49. The van der Waals surface area contributed by atoms with E-state index >= 15 is 0 Å². The molecule has 2 atom stereocenters. The zero-order valence-corrected chi connectivity index (χ0v) is 25.6. The van der Waals surface area contributed by atoms with Gasteiger partial charge in [-0.3, -0.25) is 0 Å². The zero-order chi connectivity index (χ0) is 20.1. The predicted octanol–water partition coefficient (Wildman–Crippen LogP) is -0.899. The van der Waals surface area contributed by atoms with Crippen LogP contribution in [0.25, 0.3) is 0 Å². The molecule has 0 aromatic heterocycles. The van der Waals surface area contributed by atoms with Crippen LogP contribution in [-0.4, -0.2) is 0 Å². The minimum atomic E-state index is 0. The molecule has 0 fully saturated rings. The molecule has 0 N–H and O–H groups in total. The van der Waals surface area contributed by atoms with Crippen LogP contribution in [0.2, 0.25) is 0 Å². The Kier molecular flexibility index (Phi) is 15.9. The molecule has 4 rings (SSSR count). The second-order valence-corrected chi connectivity index (χ2v) is 8.49. The van der Waals surface area contributed by atoms with Crippen LogP contribution in [0, 0.1) is 6.42 Å². The summed E-state index contributed by atoms with van der Waals surface area (Å²) in [6.45, 7) is 4.69. The number of hydrogen-bond donors (Lipinski definition) is 0. The van der Waals surface area contributed by atoms with Crippen molar-refractivity contribution in [2.45, 2.75) is 51.4 Å². The molecule has 2 aliphatic carbocycles. The Bertz CT molecular complexity index is 879. The van der Waals surface area contributed by atoms with Crippen LogP contribution in [0.4, 0.5) is 0 Å². The van der Waals surface area contributed by atoms with E-state index in [1.165, 1.54) is 33.4 Å². The van der Waals surface area contributed by atoms with Gasteiger partial charge in [0, 0.05) is 0 Å². The van der Waals surface area contributed by atoms with E-state index in [-0.39, 0.29) is 72.7 Å². The third kappa shape index (κ3) is 8.86. The first-order valence-corrected chi connectivity index (χ1v) is 10.9. The van der Waals surface area contributed by atoms with Crippen LogP contribution >= 0.6 is 0 Å². The van der Waals surface area contributed by atoms with Gasteiger partial charge in [0.15, 0.2) is 0 Å². The maximum atomic E-state index is 2.49. The van der Waals surface area contributed by atoms with Gasteiger partial charge in [0.1, 0.15) is 0 Å². The summed E-state index contributed by atoms with van der Waals surface area (Å²) in [5.41, 5.74) is 8.90. The monoisotopic (exact) mass is 664 g/mol. The smallest absolute Gasteiger partial charge is 1.00 e. The summed E-state index contributed by atoms with van der Waals surface area (Å²) < 4.78 is 0. The van der Waals surface area contributed by atoms with Crippen molar-refractivity contribution in [2.75, 3.05) is 0 Å². The minimum Gasteiger partial charge on any atom is -1.00 e. The molecular formula is C29H31Br3Ti. The molecule has 2 unspecified atom stereocenters. The summed E-state index contributed by atoms with van der Waals surface area (Å²) in [5.74, 6) is 1.09. The van der Waals surface area contributed by atoms with Crippen molar-refractivity contribution in [3.8, 4) is 0 Å². The van der Waals surface area contributed by atoms with Gasteiger partial charge in [-0.15, -0.1) is 34.4 Å². The Morgan fingerprint density at radius 2 is 1.00 bits per heavy atom. The van der Waals surface area contributed by atoms with Crippen LogP contribution < -0.4 is 50.9 Å². The third-order valence-corrected chi connectivity index (χ3v) is 6.28. The van der Waals surface area contributed by atoms with Gasteiger partial charge in [-0.05, 0) is 35.8 Å². The molecule has 0 saturated heterocycles. The molecule has 0 amide bonds. The van der Waals surface area contributed by atoms with Crippen molar-refractivity contribution in [2.24, 2.45) is 0 Å². The summed E-state index contributed by atoms with van der Waals surface area (Å²) >= 11 is 0. The first-order valence-electron chi connectivity index (χ1n) is 10.9. The van der Waals surface area contributed by atoms with E-state index in [1.807, 2.05) is 0 Å². The maximum absolute atomic E-state index is 2.49. The molecular weight excluding hydrogens is 636 g/mol. The third-order valence-electron chi connectivity index (χ3n) is 6.28. The summed E-state index contributed by atoms with van der Waals surface area (Å²) in [6.07, 6.45) is 16.2. The van der Waals surface area contributed by atoms with Gasteiger partial charge in [0.2, 0.25) is 0 Å². The van der Waals surface area contributed by atoms with Crippen LogP contribution in [0.15, 0.2) is 107 Å². The summed E-state index contributed by atoms with van der Waals surface area (Å²) in [5, 5.41) is 0. The van der Waals surface area contributed by atoms with E-state index in [2.05, 4.69) is 105 Å². The number of benzene rings is 2. The molecule has 0 saturated carbocycles. The van der Waals surface area contributed by atoms with Crippen molar-refractivity contribution < 1.29 is 72.7 Å². The van der Waals surface area contributed by atoms with Crippen molar-refractivity contribution in [3.05, 3.63) is 125 Å². The normalized spacial score (nSPS) is 15.7. The Morgan fingerprint density at radius 1 is 0.636 bits per heavy atom. The van der Waals surface area contributed by atoms with Crippen molar-refractivity contribution in [3.63, 3.8) is 0 Å². The van der Waals surface area contributed by atoms with Crippen molar-refractivity contribution in [1.82, 2.24) is 0 Å². The molecule has 0 nitrogen and oxygen atoms in total. The zero-order valence-electron chi connectivity index (χ0n) is 19.3. The molecule has 0 radical (unpaired) electrons. The fourth-order valence-electron chi connectivity index (χ4n) is 4.50. The molecule has 0 aliphatic heterocycles. The van der Waals surface area contributed by atoms with E-state index in [0.29, 0.717) is 11.8 Å². The Morgan fingerprint density at radius 3 is 1.36 bits per heavy atom. The van der Waals surface area contributed by atoms with Gasteiger partial charge >= 0.3 is 21.7 Å². The number of hydrogen-bond acceptors (Lipinski definition) is 0. The first kappa shape index (κ1) is 32.4. The van der Waals surface area contributed by atoms with E-state index in [9.17, 15) is 0 Å². The average molecular weight is 667 g/mol. The van der Waals surface area contributed by atoms with Gasteiger partial charge in [-0.2, -0.15) is 6.42 Å². The molecule has 0 spiro atoms. The predicted molar refractivity (Wildman–Crippen MR) is 125 cm³/mol. The Hall–Kier alpha value is -0.576. The van der Waals surface area contributed by atoms with Crippen molar-refractivity contribution >= 4 is 0 Å². The molecule has 0 bridgehead atoms. The Labute approximate surface area is 246 Å². The largest absolute Gasteiger partial charge is 4.00 e. The van der Waals surface area contributed by atoms with E-state index in [1.54, 1.807) is 0 Å². The summed E-state index contributed by atoms with van der Waals surface area (Å²) in [7, 11) is 0. The first-order chi connectivity index (χ1) is 14.2. The van der Waals surface area contributed by atoms with Gasteiger partial charge in [0.05, 0.1) is 0 Å². The number of rotatable bonds is 8. The van der Waals surface area contributed by atoms with Gasteiger partial charge < -0.3 is 50.9 Å². The van der Waals surface area contributed by atoms with Gasteiger partial charge in [-0.25, -0.2) is 0 Å². The van der Waals surface area contributed by atoms with Gasteiger partial charge in [-0.1, -0.05) is 99.5 Å². The minimum absolute atomic E-state index is 0. The average Bonchev–Trinajstić information content (AvgIpc) is 3.39. The van der Waals surface area contributed by atoms with Crippen LogP contribution in [-0.2, 0) is 21.7 Å².